The molecule has 1 aliphatic rings. The van der Waals surface area contributed by atoms with Gasteiger partial charge in [-0.25, -0.2) is 0 Å². The zero-order valence-corrected chi connectivity index (χ0v) is 12.7. The number of hydrogen-bond donors (Lipinski definition) is 0. The van der Waals surface area contributed by atoms with Gasteiger partial charge >= 0.3 is 0 Å². The van der Waals surface area contributed by atoms with Crippen LogP contribution in [0, 0.1) is 6.92 Å². The largest absolute Gasteiger partial charge is 0.309 e. The zero-order chi connectivity index (χ0) is 14.8. The molecule has 2 nitrogen and oxygen atoms in total. The number of para-hydroxylation sites is 1. The minimum Gasteiger partial charge on any atom is -0.309 e. The van der Waals surface area contributed by atoms with Gasteiger partial charge in [-0.05, 0) is 49.4 Å². The third kappa shape index (κ3) is 2.71. The SMILES string of the molecule is Cc1ccccc1CC(=O)N1c2ccccc2CCC1C. The number of amides is 1. The number of aryl methyl sites for hydroxylation is 2. The average Bonchev–Trinajstić information content (AvgIpc) is 2.49. The van der Waals surface area contributed by atoms with E-state index in [1.54, 1.807) is 0 Å². The molecule has 3 rings (SSSR count). The summed E-state index contributed by atoms with van der Waals surface area (Å²) in [6.45, 7) is 4.21. The van der Waals surface area contributed by atoms with Gasteiger partial charge in [0.05, 0.1) is 6.42 Å². The molecule has 2 heteroatoms. The molecule has 2 aromatic carbocycles. The molecule has 1 amide bonds. The Bertz CT molecular complexity index is 662. The second kappa shape index (κ2) is 5.72. The van der Waals surface area contributed by atoms with Gasteiger partial charge in [-0.2, -0.15) is 0 Å². The minimum absolute atomic E-state index is 0.198. The lowest BCUT2D eigenvalue weighted by Crippen LogP contribution is -2.43. The van der Waals surface area contributed by atoms with E-state index in [-0.39, 0.29) is 11.9 Å². The maximum Gasteiger partial charge on any atom is 0.231 e. The van der Waals surface area contributed by atoms with E-state index in [0.717, 1.165) is 24.1 Å². The highest BCUT2D eigenvalue weighted by molar-refractivity contribution is 5.96. The summed E-state index contributed by atoms with van der Waals surface area (Å²) < 4.78 is 0. The molecule has 1 unspecified atom stereocenters. The van der Waals surface area contributed by atoms with Gasteiger partial charge < -0.3 is 4.90 Å². The van der Waals surface area contributed by atoms with E-state index in [0.29, 0.717) is 6.42 Å². The summed E-state index contributed by atoms with van der Waals surface area (Å²) in [5, 5.41) is 0. The van der Waals surface area contributed by atoms with Crippen molar-refractivity contribution in [1.29, 1.82) is 0 Å². The third-order valence-corrected chi connectivity index (χ3v) is 4.39. The molecule has 0 spiro atoms. The van der Waals surface area contributed by atoms with Gasteiger partial charge in [0.15, 0.2) is 0 Å². The van der Waals surface area contributed by atoms with Crippen molar-refractivity contribution in [3.63, 3.8) is 0 Å². The first-order chi connectivity index (χ1) is 10.2. The van der Waals surface area contributed by atoms with Gasteiger partial charge in [-0.15, -0.1) is 0 Å². The number of hydrogen-bond acceptors (Lipinski definition) is 1. The van der Waals surface area contributed by atoms with Gasteiger partial charge in [0.2, 0.25) is 5.91 Å². The van der Waals surface area contributed by atoms with Crippen LogP contribution in [-0.2, 0) is 17.6 Å². The second-order valence-corrected chi connectivity index (χ2v) is 5.88. The molecular formula is C19H21NO. The van der Waals surface area contributed by atoms with Gasteiger partial charge in [0.25, 0.3) is 0 Å². The predicted molar refractivity (Wildman–Crippen MR) is 86.6 cm³/mol. The lowest BCUT2D eigenvalue weighted by Gasteiger charge is -2.35. The summed E-state index contributed by atoms with van der Waals surface area (Å²) in [6, 6.07) is 16.7. The van der Waals surface area contributed by atoms with Crippen LogP contribution in [0.5, 0.6) is 0 Å². The standard InChI is InChI=1S/C19H21NO/c1-14-7-3-4-9-17(14)13-19(21)20-15(2)11-12-16-8-5-6-10-18(16)20/h3-10,15H,11-13H2,1-2H3. The Morgan fingerprint density at radius 3 is 2.67 bits per heavy atom. The molecule has 0 aromatic heterocycles. The van der Waals surface area contributed by atoms with Crippen molar-refractivity contribution in [2.45, 2.75) is 39.2 Å². The fourth-order valence-electron chi connectivity index (χ4n) is 3.12. The first-order valence-electron chi connectivity index (χ1n) is 7.61. The average molecular weight is 279 g/mol. The molecule has 0 bridgehead atoms. The quantitative estimate of drug-likeness (QED) is 0.816. The van der Waals surface area contributed by atoms with E-state index >= 15 is 0 Å². The van der Waals surface area contributed by atoms with Gasteiger partial charge in [0, 0.05) is 11.7 Å². The Balaban J connectivity index is 1.89. The highest BCUT2D eigenvalue weighted by Gasteiger charge is 2.27. The van der Waals surface area contributed by atoms with E-state index in [2.05, 4.69) is 38.1 Å². The molecule has 2 aromatic rings. The molecule has 21 heavy (non-hydrogen) atoms. The minimum atomic E-state index is 0.198. The van der Waals surface area contributed by atoms with E-state index in [9.17, 15) is 4.79 Å². The third-order valence-electron chi connectivity index (χ3n) is 4.39. The Morgan fingerprint density at radius 1 is 1.14 bits per heavy atom. The summed E-state index contributed by atoms with van der Waals surface area (Å²) >= 11 is 0. The zero-order valence-electron chi connectivity index (χ0n) is 12.7. The van der Waals surface area contributed by atoms with Crippen molar-refractivity contribution in [3.05, 3.63) is 65.2 Å². The normalized spacial score (nSPS) is 17.4. The van der Waals surface area contributed by atoms with Crippen LogP contribution in [0.4, 0.5) is 5.69 Å². The monoisotopic (exact) mass is 279 g/mol. The first-order valence-corrected chi connectivity index (χ1v) is 7.61. The van der Waals surface area contributed by atoms with Crippen LogP contribution >= 0.6 is 0 Å². The maximum absolute atomic E-state index is 12.8. The van der Waals surface area contributed by atoms with Crippen molar-refractivity contribution in [2.24, 2.45) is 0 Å². The number of fused-ring (bicyclic) bond motifs is 1. The summed E-state index contributed by atoms with van der Waals surface area (Å²) in [6.07, 6.45) is 2.58. The predicted octanol–water partition coefficient (Wildman–Crippen LogP) is 3.91. The molecule has 1 atom stereocenters. The first kappa shape index (κ1) is 13.9. The van der Waals surface area contributed by atoms with Gasteiger partial charge in [-0.1, -0.05) is 42.5 Å². The van der Waals surface area contributed by atoms with E-state index in [1.807, 2.05) is 29.2 Å². The van der Waals surface area contributed by atoms with E-state index < -0.39 is 0 Å². The maximum atomic E-state index is 12.8. The number of anilines is 1. The molecular weight excluding hydrogens is 258 g/mol. The van der Waals surface area contributed by atoms with Gasteiger partial charge in [0.1, 0.15) is 0 Å². The van der Waals surface area contributed by atoms with Crippen molar-refractivity contribution in [2.75, 3.05) is 4.90 Å². The number of benzene rings is 2. The highest BCUT2D eigenvalue weighted by atomic mass is 16.2. The molecule has 0 aliphatic carbocycles. The van der Waals surface area contributed by atoms with Crippen LogP contribution in [0.1, 0.15) is 30.0 Å². The summed E-state index contributed by atoms with van der Waals surface area (Å²) in [5.41, 5.74) is 4.69. The Kier molecular flexibility index (Phi) is 3.78. The van der Waals surface area contributed by atoms with Crippen LogP contribution in [0.3, 0.4) is 0 Å². The molecule has 0 radical (unpaired) electrons. The van der Waals surface area contributed by atoms with E-state index in [4.69, 9.17) is 0 Å². The second-order valence-electron chi connectivity index (χ2n) is 5.88. The summed E-state index contributed by atoms with van der Waals surface area (Å²) in [7, 11) is 0. The Morgan fingerprint density at radius 2 is 1.86 bits per heavy atom. The van der Waals surface area contributed by atoms with Crippen LogP contribution in [0.2, 0.25) is 0 Å². The molecule has 1 aliphatic heterocycles. The topological polar surface area (TPSA) is 20.3 Å². The molecule has 0 saturated heterocycles. The van der Waals surface area contributed by atoms with Crippen molar-refractivity contribution in [3.8, 4) is 0 Å². The Labute approximate surface area is 126 Å². The Hall–Kier alpha value is -2.09. The molecule has 0 fully saturated rings. The fraction of sp³-hybridized carbons (Fsp3) is 0.316. The fourth-order valence-corrected chi connectivity index (χ4v) is 3.12. The van der Waals surface area contributed by atoms with Crippen LogP contribution in [0.25, 0.3) is 0 Å². The van der Waals surface area contributed by atoms with Crippen LogP contribution in [0.15, 0.2) is 48.5 Å². The van der Waals surface area contributed by atoms with Crippen LogP contribution < -0.4 is 4.90 Å². The van der Waals surface area contributed by atoms with Crippen molar-refractivity contribution in [1.82, 2.24) is 0 Å². The molecule has 1 heterocycles. The van der Waals surface area contributed by atoms with Crippen LogP contribution in [-0.4, -0.2) is 11.9 Å². The molecule has 108 valence electrons. The summed E-state index contributed by atoms with van der Waals surface area (Å²) in [4.78, 5) is 14.8. The molecule has 0 saturated carbocycles. The molecule has 0 N–H and O–H groups in total. The number of rotatable bonds is 2. The number of nitrogens with zero attached hydrogens (tertiary/aromatic N) is 1. The van der Waals surface area contributed by atoms with Gasteiger partial charge in [-0.3, -0.25) is 4.79 Å². The number of carbonyl (C=O) groups is 1. The van der Waals surface area contributed by atoms with E-state index in [1.165, 1.54) is 11.1 Å². The lowest BCUT2D eigenvalue weighted by molar-refractivity contribution is -0.118. The lowest BCUT2D eigenvalue weighted by atomic mass is 9.95. The smallest absolute Gasteiger partial charge is 0.231 e. The van der Waals surface area contributed by atoms with Crippen molar-refractivity contribution >= 4 is 11.6 Å². The summed E-state index contributed by atoms with van der Waals surface area (Å²) in [5.74, 6) is 0.198. The highest BCUT2D eigenvalue weighted by Crippen LogP contribution is 2.31. The number of carbonyl (C=O) groups excluding carboxylic acids is 1. The van der Waals surface area contributed by atoms with Crippen molar-refractivity contribution < 1.29 is 4.79 Å².